The molecule has 2 rings (SSSR count). The predicted molar refractivity (Wildman–Crippen MR) is 114 cm³/mol. The second kappa shape index (κ2) is 11.3. The van der Waals surface area contributed by atoms with E-state index in [1.807, 2.05) is 6.92 Å². The van der Waals surface area contributed by atoms with Gasteiger partial charge >= 0.3 is 0 Å². The van der Waals surface area contributed by atoms with Crippen molar-refractivity contribution in [3.8, 4) is 5.75 Å². The predicted octanol–water partition coefficient (Wildman–Crippen LogP) is 3.36. The Bertz CT molecular complexity index is 749. The number of nitrogens with zero attached hydrogens (tertiary/aromatic N) is 2. The smallest absolute Gasteiger partial charge is 0.191 e. The number of rotatable bonds is 9. The van der Waals surface area contributed by atoms with Gasteiger partial charge in [0.05, 0.1) is 18.8 Å². The molecule has 0 radical (unpaired) electrons. The lowest BCUT2D eigenvalue weighted by atomic mass is 10.1. The minimum absolute atomic E-state index is 0.159. The van der Waals surface area contributed by atoms with Crippen LogP contribution in [0.5, 0.6) is 5.75 Å². The largest absolute Gasteiger partial charge is 0.490 e. The zero-order valence-corrected chi connectivity index (χ0v) is 17.3. The number of aryl methyl sites for hydroxylation is 1. The van der Waals surface area contributed by atoms with Crippen molar-refractivity contribution in [1.82, 2.24) is 15.6 Å². The molecule has 0 fully saturated rings. The van der Waals surface area contributed by atoms with Crippen molar-refractivity contribution in [2.75, 3.05) is 13.1 Å². The van der Waals surface area contributed by atoms with E-state index in [1.165, 1.54) is 0 Å². The van der Waals surface area contributed by atoms with Gasteiger partial charge in [0.15, 0.2) is 5.96 Å². The highest BCUT2D eigenvalue weighted by Crippen LogP contribution is 2.23. The number of pyridine rings is 1. The van der Waals surface area contributed by atoms with E-state index in [0.717, 1.165) is 35.4 Å². The highest BCUT2D eigenvalue weighted by atomic mass is 16.5. The number of aromatic nitrogens is 1. The Kier molecular flexibility index (Phi) is 8.75. The molecule has 2 atom stereocenters. The summed E-state index contributed by atoms with van der Waals surface area (Å²) in [5.41, 5.74) is 3.02. The van der Waals surface area contributed by atoms with Crippen molar-refractivity contribution in [2.24, 2.45) is 4.99 Å². The molecule has 28 heavy (non-hydrogen) atoms. The molecule has 2 aromatic rings. The quantitative estimate of drug-likeness (QED) is 0.456. The molecule has 0 amide bonds. The number of aliphatic hydroxyl groups excluding tert-OH is 1. The van der Waals surface area contributed by atoms with Gasteiger partial charge in [0.2, 0.25) is 0 Å². The summed E-state index contributed by atoms with van der Waals surface area (Å²) in [6, 6.07) is 9.81. The average Bonchev–Trinajstić information content (AvgIpc) is 2.71. The maximum absolute atomic E-state index is 10.3. The Morgan fingerprint density at radius 1 is 1.18 bits per heavy atom. The van der Waals surface area contributed by atoms with Crippen molar-refractivity contribution in [3.63, 3.8) is 0 Å². The molecule has 0 saturated heterocycles. The van der Waals surface area contributed by atoms with Crippen LogP contribution in [0.4, 0.5) is 0 Å². The molecule has 0 spiro atoms. The van der Waals surface area contributed by atoms with Crippen LogP contribution in [0.2, 0.25) is 0 Å². The second-order valence-electron chi connectivity index (χ2n) is 6.82. The highest BCUT2D eigenvalue weighted by Gasteiger charge is 2.10. The summed E-state index contributed by atoms with van der Waals surface area (Å²) < 4.78 is 6.07. The first-order chi connectivity index (χ1) is 13.5. The molecule has 6 nitrogen and oxygen atoms in total. The van der Waals surface area contributed by atoms with Crippen LogP contribution >= 0.6 is 0 Å². The zero-order chi connectivity index (χ0) is 20.4. The van der Waals surface area contributed by atoms with E-state index in [4.69, 9.17) is 4.74 Å². The number of hydrogen-bond acceptors (Lipinski definition) is 4. The Balaban J connectivity index is 2.05. The lowest BCUT2D eigenvalue weighted by Crippen LogP contribution is -2.39. The maximum atomic E-state index is 10.3. The van der Waals surface area contributed by atoms with Gasteiger partial charge in [0.1, 0.15) is 5.75 Å². The van der Waals surface area contributed by atoms with Crippen LogP contribution in [-0.4, -0.2) is 35.2 Å². The fraction of sp³-hybridized carbons (Fsp3) is 0.455. The monoisotopic (exact) mass is 384 g/mol. The van der Waals surface area contributed by atoms with Crippen molar-refractivity contribution < 1.29 is 9.84 Å². The number of benzene rings is 1. The number of nitrogens with one attached hydrogen (secondary N) is 2. The van der Waals surface area contributed by atoms with Gasteiger partial charge in [0.25, 0.3) is 0 Å². The third kappa shape index (κ3) is 6.85. The first kappa shape index (κ1) is 21.7. The van der Waals surface area contributed by atoms with Crippen LogP contribution in [0.1, 0.15) is 50.0 Å². The molecule has 1 heterocycles. The second-order valence-corrected chi connectivity index (χ2v) is 6.82. The van der Waals surface area contributed by atoms with Gasteiger partial charge in [-0.05, 0) is 56.5 Å². The van der Waals surface area contributed by atoms with Gasteiger partial charge in [-0.3, -0.25) is 4.98 Å². The lowest BCUT2D eigenvalue weighted by molar-refractivity contribution is 0.180. The summed E-state index contributed by atoms with van der Waals surface area (Å²) in [7, 11) is 0. The minimum atomic E-state index is -0.629. The van der Waals surface area contributed by atoms with Crippen molar-refractivity contribution in [2.45, 2.75) is 52.9 Å². The Morgan fingerprint density at radius 3 is 2.61 bits per heavy atom. The van der Waals surface area contributed by atoms with E-state index in [0.29, 0.717) is 19.0 Å². The van der Waals surface area contributed by atoms with Crippen LogP contribution in [0.15, 0.2) is 47.7 Å². The molecule has 0 saturated carbocycles. The van der Waals surface area contributed by atoms with Gasteiger partial charge in [-0.25, -0.2) is 4.99 Å². The molecule has 0 aliphatic heterocycles. The van der Waals surface area contributed by atoms with Crippen LogP contribution in [0, 0.1) is 6.92 Å². The Hall–Kier alpha value is -2.60. The van der Waals surface area contributed by atoms with Crippen LogP contribution < -0.4 is 15.4 Å². The van der Waals surface area contributed by atoms with Gasteiger partial charge in [-0.2, -0.15) is 0 Å². The highest BCUT2D eigenvalue weighted by molar-refractivity contribution is 5.79. The summed E-state index contributed by atoms with van der Waals surface area (Å²) in [5.74, 6) is 1.54. The third-order valence-electron chi connectivity index (χ3n) is 4.43. The minimum Gasteiger partial charge on any atom is -0.490 e. The SMILES string of the molecule is CCNC(=NCc1ccc(C)cc1OC(C)CC)NCC(O)c1ccncc1. The van der Waals surface area contributed by atoms with E-state index in [9.17, 15) is 5.11 Å². The van der Waals surface area contributed by atoms with Gasteiger partial charge in [0, 0.05) is 31.0 Å². The average molecular weight is 385 g/mol. The van der Waals surface area contributed by atoms with Crippen LogP contribution in [0.25, 0.3) is 0 Å². The third-order valence-corrected chi connectivity index (χ3v) is 4.43. The molecule has 0 aliphatic carbocycles. The Labute approximate surface area is 168 Å². The van der Waals surface area contributed by atoms with Crippen LogP contribution in [-0.2, 0) is 6.54 Å². The normalized spacial score (nSPS) is 13.7. The molecular formula is C22H32N4O2. The van der Waals surface area contributed by atoms with Crippen molar-refractivity contribution in [3.05, 3.63) is 59.4 Å². The molecule has 0 aliphatic rings. The number of guanidine groups is 1. The van der Waals surface area contributed by atoms with E-state index in [1.54, 1.807) is 24.5 Å². The molecular weight excluding hydrogens is 352 g/mol. The summed E-state index contributed by atoms with van der Waals surface area (Å²) in [6.07, 6.45) is 3.83. The van der Waals surface area contributed by atoms with Gasteiger partial charge < -0.3 is 20.5 Å². The number of aliphatic imine (C=N–C) groups is 1. The van der Waals surface area contributed by atoms with E-state index < -0.39 is 6.10 Å². The number of aliphatic hydroxyl groups is 1. The summed E-state index contributed by atoms with van der Waals surface area (Å²) in [5, 5.41) is 16.7. The van der Waals surface area contributed by atoms with Gasteiger partial charge in [-0.1, -0.05) is 19.1 Å². The van der Waals surface area contributed by atoms with Crippen molar-refractivity contribution in [1.29, 1.82) is 0 Å². The summed E-state index contributed by atoms with van der Waals surface area (Å²) in [6.45, 7) is 9.84. The molecule has 1 aromatic carbocycles. The van der Waals surface area contributed by atoms with Gasteiger partial charge in [-0.15, -0.1) is 0 Å². The number of hydrogen-bond donors (Lipinski definition) is 3. The standard InChI is InChI=1S/C22H32N4O2/c1-5-17(4)28-21-13-16(3)7-8-19(21)14-25-22(24-6-2)26-15-20(27)18-9-11-23-12-10-18/h7-13,17,20,27H,5-6,14-15H2,1-4H3,(H2,24,25,26). The fourth-order valence-corrected chi connectivity index (χ4v) is 2.60. The zero-order valence-electron chi connectivity index (χ0n) is 17.3. The molecule has 152 valence electrons. The molecule has 6 heteroatoms. The molecule has 1 aromatic heterocycles. The molecule has 3 N–H and O–H groups in total. The van der Waals surface area contributed by atoms with E-state index >= 15 is 0 Å². The first-order valence-electron chi connectivity index (χ1n) is 9.89. The first-order valence-corrected chi connectivity index (χ1v) is 9.89. The van der Waals surface area contributed by atoms with E-state index in [-0.39, 0.29) is 6.10 Å². The van der Waals surface area contributed by atoms with Crippen LogP contribution in [0.3, 0.4) is 0 Å². The summed E-state index contributed by atoms with van der Waals surface area (Å²) >= 11 is 0. The molecule has 0 bridgehead atoms. The molecule has 2 unspecified atom stereocenters. The Morgan fingerprint density at radius 2 is 1.93 bits per heavy atom. The summed E-state index contributed by atoms with van der Waals surface area (Å²) in [4.78, 5) is 8.64. The lowest BCUT2D eigenvalue weighted by Gasteiger charge is -2.17. The topological polar surface area (TPSA) is 78.8 Å². The maximum Gasteiger partial charge on any atom is 0.191 e. The fourth-order valence-electron chi connectivity index (χ4n) is 2.60. The number of ether oxygens (including phenoxy) is 1. The van der Waals surface area contributed by atoms with E-state index in [2.05, 4.69) is 59.6 Å². The van der Waals surface area contributed by atoms with Crippen molar-refractivity contribution >= 4 is 5.96 Å².